The first kappa shape index (κ1) is 34.1. The van der Waals surface area contributed by atoms with Crippen molar-refractivity contribution in [2.24, 2.45) is 0 Å². The van der Waals surface area contributed by atoms with Gasteiger partial charge in [-0.3, -0.25) is 19.2 Å². The minimum atomic E-state index is -0.114. The molecule has 4 aromatic carbocycles. The lowest BCUT2D eigenvalue weighted by molar-refractivity contribution is 0.100. The van der Waals surface area contributed by atoms with Gasteiger partial charge in [0.1, 0.15) is 23.0 Å². The molecule has 8 heteroatoms. The molecule has 48 heavy (non-hydrogen) atoms. The van der Waals surface area contributed by atoms with Gasteiger partial charge in [-0.15, -0.1) is 0 Å². The van der Waals surface area contributed by atoms with E-state index in [1.54, 1.807) is 28.4 Å². The molecular weight excluding hydrogens is 608 g/mol. The number of carbonyl (C=O) groups is 4. The van der Waals surface area contributed by atoms with Crippen LogP contribution in [-0.4, -0.2) is 51.6 Å². The molecule has 0 heterocycles. The van der Waals surface area contributed by atoms with Crippen molar-refractivity contribution in [1.82, 2.24) is 0 Å². The van der Waals surface area contributed by atoms with Crippen molar-refractivity contribution in [2.45, 2.75) is 53.4 Å². The Morgan fingerprint density at radius 3 is 0.604 bits per heavy atom. The molecule has 1 aliphatic carbocycles. The largest absolute Gasteiger partial charge is 0.496 e. The second kappa shape index (κ2) is 13.9. The van der Waals surface area contributed by atoms with Crippen LogP contribution < -0.4 is 18.9 Å². The maximum Gasteiger partial charge on any atom is 0.159 e. The molecule has 5 rings (SSSR count). The quantitative estimate of drug-likeness (QED) is 0.163. The number of hydrogen-bond acceptors (Lipinski definition) is 8. The fourth-order valence-corrected chi connectivity index (χ4v) is 6.75. The smallest absolute Gasteiger partial charge is 0.159 e. The van der Waals surface area contributed by atoms with Crippen LogP contribution in [0.3, 0.4) is 0 Å². The summed E-state index contributed by atoms with van der Waals surface area (Å²) in [6.45, 7) is 6.06. The SMILES string of the molecule is COc1c2cc(C(C)=O)cc1Cc1cc(C(C)=O)cc(c1OC)Cc1cc(C(C)=O)cc(c1OC)Cc1cc(C(C)=O)cc(c1OC)C2. The van der Waals surface area contributed by atoms with E-state index in [0.717, 1.165) is 44.5 Å². The first-order valence-electron chi connectivity index (χ1n) is 15.7. The zero-order chi connectivity index (χ0) is 34.9. The first-order valence-corrected chi connectivity index (χ1v) is 15.7. The van der Waals surface area contributed by atoms with Gasteiger partial charge in [-0.1, -0.05) is 0 Å². The van der Waals surface area contributed by atoms with Crippen molar-refractivity contribution in [3.05, 3.63) is 115 Å². The molecule has 248 valence electrons. The number of Topliss-reactive ketones (excluding diaryl/α,β-unsaturated/α-hetero) is 4. The van der Waals surface area contributed by atoms with Gasteiger partial charge in [0.05, 0.1) is 28.4 Å². The summed E-state index contributed by atoms with van der Waals surface area (Å²) in [5.41, 5.74) is 7.88. The number of fused-ring (bicyclic) bond motifs is 8. The highest BCUT2D eigenvalue weighted by Gasteiger charge is 2.25. The minimum Gasteiger partial charge on any atom is -0.496 e. The molecule has 0 aromatic heterocycles. The van der Waals surface area contributed by atoms with E-state index in [2.05, 4.69) is 0 Å². The van der Waals surface area contributed by atoms with Gasteiger partial charge in [0.2, 0.25) is 0 Å². The normalized spacial score (nSPS) is 12.2. The Morgan fingerprint density at radius 1 is 0.354 bits per heavy atom. The lowest BCUT2D eigenvalue weighted by atomic mass is 9.87. The van der Waals surface area contributed by atoms with Crippen LogP contribution in [0, 0.1) is 0 Å². The molecule has 0 radical (unpaired) electrons. The highest BCUT2D eigenvalue weighted by Crippen LogP contribution is 2.40. The monoisotopic (exact) mass is 648 g/mol. The molecule has 0 unspecified atom stereocenters. The summed E-state index contributed by atoms with van der Waals surface area (Å²) in [7, 11) is 6.34. The molecule has 0 saturated carbocycles. The van der Waals surface area contributed by atoms with Crippen molar-refractivity contribution in [3.8, 4) is 23.0 Å². The zero-order valence-corrected chi connectivity index (χ0v) is 28.7. The van der Waals surface area contributed by atoms with Crippen LogP contribution in [0.2, 0.25) is 0 Å². The number of carbonyl (C=O) groups excluding carboxylic acids is 4. The molecular formula is C40H40O8. The Labute approximate surface area is 281 Å². The van der Waals surface area contributed by atoms with Crippen LogP contribution >= 0.6 is 0 Å². The Bertz CT molecular complexity index is 1610. The number of benzene rings is 4. The number of ether oxygens (including phenoxy) is 4. The third kappa shape index (κ3) is 6.61. The summed E-state index contributed by atoms with van der Waals surface area (Å²) < 4.78 is 24.1. The fraction of sp³-hybridized carbons (Fsp3) is 0.300. The van der Waals surface area contributed by atoms with Crippen LogP contribution in [0.5, 0.6) is 23.0 Å². The number of ketones is 4. The van der Waals surface area contributed by atoms with E-state index in [4.69, 9.17) is 18.9 Å². The molecule has 0 aliphatic heterocycles. The molecule has 0 N–H and O–H groups in total. The lowest BCUT2D eigenvalue weighted by Gasteiger charge is -2.22. The van der Waals surface area contributed by atoms with E-state index in [-0.39, 0.29) is 23.1 Å². The van der Waals surface area contributed by atoms with Crippen LogP contribution in [0.1, 0.15) is 114 Å². The highest BCUT2D eigenvalue weighted by molar-refractivity contribution is 5.97. The average molecular weight is 649 g/mol. The van der Waals surface area contributed by atoms with Crippen LogP contribution in [0.25, 0.3) is 0 Å². The van der Waals surface area contributed by atoms with Crippen LogP contribution in [0.4, 0.5) is 0 Å². The third-order valence-electron chi connectivity index (χ3n) is 8.94. The number of hydrogen-bond donors (Lipinski definition) is 0. The molecule has 4 aromatic rings. The van der Waals surface area contributed by atoms with Gasteiger partial charge < -0.3 is 18.9 Å². The summed E-state index contributed by atoms with van der Waals surface area (Å²) in [5, 5.41) is 0. The Kier molecular flexibility index (Phi) is 9.85. The summed E-state index contributed by atoms with van der Waals surface area (Å²) in [6.07, 6.45) is 1.17. The molecule has 1 aliphatic rings. The highest BCUT2D eigenvalue weighted by atomic mass is 16.5. The Balaban J connectivity index is 1.93. The number of rotatable bonds is 8. The van der Waals surface area contributed by atoms with Gasteiger partial charge in [0, 0.05) is 47.9 Å². The Hall–Kier alpha value is -5.24. The first-order chi connectivity index (χ1) is 22.9. The van der Waals surface area contributed by atoms with Gasteiger partial charge in [0.15, 0.2) is 23.1 Å². The van der Waals surface area contributed by atoms with E-state index in [1.807, 2.05) is 48.5 Å². The summed E-state index contributed by atoms with van der Waals surface area (Å²) in [4.78, 5) is 51.4. The molecule has 0 spiro atoms. The standard InChI is InChI=1S/C40H40O8/c1-21(41)25-9-29-17-31-11-26(22(2)42)13-33(38(31)46-6)19-35-15-28(24(4)44)16-36(40(35)48-8)20-34-14-27(23(3)43)12-32(39(34)47-7)18-30(10-25)37(29)45-5/h9-16H,17-20H2,1-8H3. The molecule has 0 fully saturated rings. The minimum absolute atomic E-state index is 0.114. The van der Waals surface area contributed by atoms with Gasteiger partial charge in [-0.25, -0.2) is 0 Å². The Morgan fingerprint density at radius 2 is 0.500 bits per heavy atom. The summed E-state index contributed by atoms with van der Waals surface area (Å²) in [6, 6.07) is 14.5. The topological polar surface area (TPSA) is 105 Å². The lowest BCUT2D eigenvalue weighted by Crippen LogP contribution is -2.10. The average Bonchev–Trinajstić information content (AvgIpc) is 3.03. The second-order valence-corrected chi connectivity index (χ2v) is 12.2. The van der Waals surface area contributed by atoms with Crippen LogP contribution in [-0.2, 0) is 25.7 Å². The van der Waals surface area contributed by atoms with Gasteiger partial charge in [-0.05, 0) is 121 Å². The van der Waals surface area contributed by atoms with Crippen LogP contribution in [0.15, 0.2) is 48.5 Å². The maximum absolute atomic E-state index is 12.8. The van der Waals surface area contributed by atoms with Gasteiger partial charge in [0.25, 0.3) is 0 Å². The van der Waals surface area contributed by atoms with Crippen molar-refractivity contribution in [2.75, 3.05) is 28.4 Å². The van der Waals surface area contributed by atoms with E-state index < -0.39 is 0 Å². The van der Waals surface area contributed by atoms with Crippen molar-refractivity contribution >= 4 is 23.1 Å². The second-order valence-electron chi connectivity index (χ2n) is 12.2. The predicted molar refractivity (Wildman–Crippen MR) is 183 cm³/mol. The molecule has 0 saturated heterocycles. The summed E-state index contributed by atoms with van der Waals surface area (Å²) in [5.74, 6) is 1.87. The molecule has 0 atom stereocenters. The van der Waals surface area contributed by atoms with Gasteiger partial charge >= 0.3 is 0 Å². The third-order valence-corrected chi connectivity index (χ3v) is 8.94. The van der Waals surface area contributed by atoms with E-state index in [9.17, 15) is 19.2 Å². The molecule has 8 nitrogen and oxygen atoms in total. The molecule has 8 bridgehead atoms. The van der Waals surface area contributed by atoms with E-state index in [0.29, 0.717) is 70.9 Å². The predicted octanol–water partition coefficient (Wildman–Crippen LogP) is 7.21. The fourth-order valence-electron chi connectivity index (χ4n) is 6.75. The zero-order valence-electron chi connectivity index (χ0n) is 28.7. The van der Waals surface area contributed by atoms with E-state index in [1.165, 1.54) is 27.7 Å². The number of methoxy groups -OCH3 is 4. The van der Waals surface area contributed by atoms with Crippen molar-refractivity contribution < 1.29 is 38.1 Å². The molecule has 0 amide bonds. The maximum atomic E-state index is 12.8. The van der Waals surface area contributed by atoms with Crippen molar-refractivity contribution in [3.63, 3.8) is 0 Å². The summed E-state index contributed by atoms with van der Waals surface area (Å²) >= 11 is 0. The van der Waals surface area contributed by atoms with Crippen molar-refractivity contribution in [1.29, 1.82) is 0 Å². The van der Waals surface area contributed by atoms with E-state index >= 15 is 0 Å². The van der Waals surface area contributed by atoms with Gasteiger partial charge in [-0.2, -0.15) is 0 Å².